The molecule has 2 heterocycles. The second-order valence-electron chi connectivity index (χ2n) is 11.2. The maximum Gasteiger partial charge on any atom is 0.182 e. The summed E-state index contributed by atoms with van der Waals surface area (Å²) in [5.41, 5.74) is 1.97. The van der Waals surface area contributed by atoms with Crippen molar-refractivity contribution in [2.45, 2.75) is 70.9 Å². The Hall–Kier alpha value is -2.13. The van der Waals surface area contributed by atoms with Gasteiger partial charge >= 0.3 is 0 Å². The summed E-state index contributed by atoms with van der Waals surface area (Å²) < 4.78 is 0. The van der Waals surface area contributed by atoms with Crippen LogP contribution in [0.4, 0.5) is 5.69 Å². The normalized spacial score (nSPS) is 33.1. The molecule has 0 radical (unpaired) electrons. The van der Waals surface area contributed by atoms with Gasteiger partial charge in [-0.3, -0.25) is 20.2 Å². The first-order valence-electron chi connectivity index (χ1n) is 12.6. The molecule has 1 aromatic rings. The van der Waals surface area contributed by atoms with Gasteiger partial charge in [0.25, 0.3) is 0 Å². The van der Waals surface area contributed by atoms with Crippen molar-refractivity contribution in [1.29, 1.82) is 5.26 Å². The van der Waals surface area contributed by atoms with Crippen LogP contribution in [0.2, 0.25) is 0 Å². The predicted octanol–water partition coefficient (Wildman–Crippen LogP) is 3.97. The molecule has 4 saturated carbocycles. The number of nitriles is 1. The van der Waals surface area contributed by atoms with Crippen LogP contribution in [0, 0.1) is 42.1 Å². The van der Waals surface area contributed by atoms with Crippen molar-refractivity contribution in [3.8, 4) is 6.19 Å². The lowest BCUT2D eigenvalue weighted by Gasteiger charge is -2.53. The van der Waals surface area contributed by atoms with Gasteiger partial charge in [-0.25, -0.2) is 0 Å². The minimum Gasteiger partial charge on any atom is -0.369 e. The molecule has 4 aliphatic carbocycles. The molecule has 0 unspecified atom stereocenters. The Kier molecular flexibility index (Phi) is 5.88. The van der Waals surface area contributed by atoms with Crippen molar-refractivity contribution < 1.29 is 0 Å². The van der Waals surface area contributed by atoms with Gasteiger partial charge < -0.3 is 4.90 Å². The number of aryl methyl sites for hydroxylation is 1. The topological polar surface area (TPSA) is 67.5 Å². The van der Waals surface area contributed by atoms with Crippen LogP contribution in [0.3, 0.4) is 0 Å². The van der Waals surface area contributed by atoms with Crippen molar-refractivity contribution in [3.63, 3.8) is 0 Å². The Bertz CT molecular complexity index is 855. The Morgan fingerprint density at radius 2 is 1.78 bits per heavy atom. The number of rotatable bonds is 4. The molecule has 0 atom stereocenters. The molecular weight excluding hydrogens is 396 g/mol. The maximum absolute atomic E-state index is 9.57. The van der Waals surface area contributed by atoms with E-state index in [2.05, 4.69) is 52.3 Å². The molecule has 0 aromatic carbocycles. The van der Waals surface area contributed by atoms with Crippen molar-refractivity contribution in [3.05, 3.63) is 24.0 Å². The largest absolute Gasteiger partial charge is 0.369 e. The predicted molar refractivity (Wildman–Crippen MR) is 128 cm³/mol. The zero-order chi connectivity index (χ0) is 22.3. The summed E-state index contributed by atoms with van der Waals surface area (Å²) in [6, 6.07) is 4.67. The lowest BCUT2D eigenvalue weighted by atomic mass is 9.54. The summed E-state index contributed by atoms with van der Waals surface area (Å²) in [5, 5.41) is 12.6. The molecular formula is C26H38N6. The molecule has 5 fully saturated rings. The number of aliphatic imine (C=N–C) groups is 1. The van der Waals surface area contributed by atoms with Crippen molar-refractivity contribution in [2.24, 2.45) is 28.7 Å². The first-order chi connectivity index (χ1) is 15.4. The van der Waals surface area contributed by atoms with Gasteiger partial charge in [0.1, 0.15) is 5.84 Å². The second-order valence-corrected chi connectivity index (χ2v) is 11.2. The number of amidine groups is 1. The first kappa shape index (κ1) is 21.7. The van der Waals surface area contributed by atoms with Gasteiger partial charge in [0, 0.05) is 31.9 Å². The Labute approximate surface area is 193 Å². The van der Waals surface area contributed by atoms with Crippen LogP contribution in [-0.4, -0.2) is 53.5 Å². The van der Waals surface area contributed by atoms with E-state index in [9.17, 15) is 5.26 Å². The van der Waals surface area contributed by atoms with Gasteiger partial charge in [-0.05, 0) is 95.1 Å². The summed E-state index contributed by atoms with van der Waals surface area (Å²) in [5.74, 6) is 4.22. The highest BCUT2D eigenvalue weighted by molar-refractivity contribution is 5.92. The lowest BCUT2D eigenvalue weighted by molar-refractivity contribution is 0.000714. The average molecular weight is 435 g/mol. The summed E-state index contributed by atoms with van der Waals surface area (Å²) in [6.07, 6.45) is 12.2. The fourth-order valence-electron chi connectivity index (χ4n) is 7.18. The minimum atomic E-state index is -0.286. The molecule has 1 N–H and O–H groups in total. The van der Waals surface area contributed by atoms with Crippen LogP contribution in [-0.2, 0) is 0 Å². The number of anilines is 1. The molecule has 6 heteroatoms. The van der Waals surface area contributed by atoms with Gasteiger partial charge in [0.2, 0.25) is 0 Å². The number of aromatic nitrogens is 1. The van der Waals surface area contributed by atoms with Crippen LogP contribution in [0.25, 0.3) is 0 Å². The Balaban J connectivity index is 1.32. The lowest BCUT2D eigenvalue weighted by Crippen LogP contribution is -2.56. The summed E-state index contributed by atoms with van der Waals surface area (Å²) in [6.45, 7) is 10.5. The third-order valence-electron chi connectivity index (χ3n) is 8.76. The van der Waals surface area contributed by atoms with Crippen LogP contribution < -0.4 is 10.2 Å². The standard InChI is InChI=1S/C26H38N6/c1-18-5-6-23(16-28-18)31-7-4-8-32(10-9-31)26(2,3)25(29-17-27)30-24-21-12-19-11-20(14-21)15-22(24)13-19/h5-6,16,19-22,24H,4,7-15H2,1-3H3,(H,29,30). The number of hydrogen-bond acceptors (Lipinski definition) is 5. The molecule has 0 spiro atoms. The summed E-state index contributed by atoms with van der Waals surface area (Å²) in [7, 11) is 0. The number of nitrogens with one attached hydrogen (secondary N) is 1. The summed E-state index contributed by atoms with van der Waals surface area (Å²) >= 11 is 0. The SMILES string of the molecule is Cc1ccc(N2CCCN(C(C)(C)C(=NC3C4CC5CC(C4)CC3C5)NC#N)CC2)cn1. The van der Waals surface area contributed by atoms with E-state index >= 15 is 0 Å². The maximum atomic E-state index is 9.57. The van der Waals surface area contributed by atoms with Gasteiger partial charge in [0.15, 0.2) is 6.19 Å². The molecule has 1 saturated heterocycles. The number of nitrogens with zero attached hydrogens (tertiary/aromatic N) is 5. The third-order valence-corrected chi connectivity index (χ3v) is 8.76. The number of pyridine rings is 1. The first-order valence-corrected chi connectivity index (χ1v) is 12.6. The monoisotopic (exact) mass is 434 g/mol. The van der Waals surface area contributed by atoms with Crippen molar-refractivity contribution >= 4 is 11.5 Å². The van der Waals surface area contributed by atoms with E-state index < -0.39 is 0 Å². The fourth-order valence-corrected chi connectivity index (χ4v) is 7.18. The van der Waals surface area contributed by atoms with Gasteiger partial charge in [-0.1, -0.05) is 0 Å². The molecule has 0 amide bonds. The fraction of sp³-hybridized carbons (Fsp3) is 0.731. The third kappa shape index (κ3) is 4.12. The molecule has 4 bridgehead atoms. The van der Waals surface area contributed by atoms with Crippen molar-refractivity contribution in [2.75, 3.05) is 31.1 Å². The summed E-state index contributed by atoms with van der Waals surface area (Å²) in [4.78, 5) is 14.8. The van der Waals surface area contributed by atoms with Crippen LogP contribution in [0.15, 0.2) is 23.3 Å². The highest BCUT2D eigenvalue weighted by atomic mass is 15.3. The smallest absolute Gasteiger partial charge is 0.182 e. The van der Waals surface area contributed by atoms with E-state index in [1.165, 1.54) is 37.8 Å². The zero-order valence-corrected chi connectivity index (χ0v) is 19.9. The van der Waals surface area contributed by atoms with E-state index in [0.29, 0.717) is 6.04 Å². The van der Waals surface area contributed by atoms with E-state index in [0.717, 1.165) is 67.8 Å². The van der Waals surface area contributed by atoms with E-state index in [4.69, 9.17) is 4.99 Å². The molecule has 6 rings (SSSR count). The molecule has 6 nitrogen and oxygen atoms in total. The molecule has 1 aromatic heterocycles. The van der Waals surface area contributed by atoms with Gasteiger partial charge in [0.05, 0.1) is 23.5 Å². The Morgan fingerprint density at radius 1 is 1.06 bits per heavy atom. The Morgan fingerprint density at radius 3 is 2.41 bits per heavy atom. The zero-order valence-electron chi connectivity index (χ0n) is 19.9. The van der Waals surface area contributed by atoms with E-state index in [-0.39, 0.29) is 5.54 Å². The quantitative estimate of drug-likeness (QED) is 0.336. The van der Waals surface area contributed by atoms with E-state index in [1.54, 1.807) is 0 Å². The molecule has 1 aliphatic heterocycles. The second kappa shape index (κ2) is 8.67. The highest BCUT2D eigenvalue weighted by Crippen LogP contribution is 2.54. The molecule has 172 valence electrons. The molecule has 32 heavy (non-hydrogen) atoms. The molecule has 5 aliphatic rings. The number of hydrogen-bond donors (Lipinski definition) is 1. The minimum absolute atomic E-state index is 0.286. The van der Waals surface area contributed by atoms with Crippen LogP contribution in [0.5, 0.6) is 0 Å². The average Bonchev–Trinajstić information content (AvgIpc) is 3.02. The highest BCUT2D eigenvalue weighted by Gasteiger charge is 2.49. The van der Waals surface area contributed by atoms with Crippen LogP contribution >= 0.6 is 0 Å². The van der Waals surface area contributed by atoms with E-state index in [1.807, 2.05) is 13.1 Å². The van der Waals surface area contributed by atoms with Crippen LogP contribution in [0.1, 0.15) is 58.1 Å². The van der Waals surface area contributed by atoms with Gasteiger partial charge in [-0.15, -0.1) is 0 Å². The van der Waals surface area contributed by atoms with Crippen molar-refractivity contribution in [1.82, 2.24) is 15.2 Å². The van der Waals surface area contributed by atoms with Gasteiger partial charge in [-0.2, -0.15) is 5.26 Å².